The summed E-state index contributed by atoms with van der Waals surface area (Å²) in [7, 11) is 1.51. The van der Waals surface area contributed by atoms with Crippen LogP contribution in [0.5, 0.6) is 0 Å². The molecule has 1 saturated heterocycles. The maximum atomic E-state index is 12.7. The lowest BCUT2D eigenvalue weighted by Crippen LogP contribution is -2.39. The highest BCUT2D eigenvalue weighted by Gasteiger charge is 2.27. The molecule has 2 aromatic rings. The van der Waals surface area contributed by atoms with E-state index in [0.717, 1.165) is 18.4 Å². The van der Waals surface area contributed by atoms with E-state index < -0.39 is 6.10 Å². The van der Waals surface area contributed by atoms with Gasteiger partial charge in [0.2, 0.25) is 5.91 Å². The molecule has 0 unspecified atom stereocenters. The van der Waals surface area contributed by atoms with Crippen molar-refractivity contribution in [3.8, 4) is 0 Å². The Hall–Kier alpha value is -2.71. The maximum Gasteiger partial charge on any atom is 0.259 e. The van der Waals surface area contributed by atoms with Gasteiger partial charge in [-0.15, -0.1) is 0 Å². The number of aliphatic hydroxyl groups excluding tert-OH is 1. The second kappa shape index (κ2) is 9.48. The molecule has 2 amide bonds. The molecule has 1 aromatic carbocycles. The number of methoxy groups -OCH3 is 1. The summed E-state index contributed by atoms with van der Waals surface area (Å²) in [6.45, 7) is 1.10. The van der Waals surface area contributed by atoms with Gasteiger partial charge in [0.15, 0.2) is 6.10 Å². The highest BCUT2D eigenvalue weighted by Crippen LogP contribution is 2.27. The molecule has 2 N–H and O–H groups in total. The second-order valence-electron chi connectivity index (χ2n) is 6.76. The van der Waals surface area contributed by atoms with Crippen molar-refractivity contribution in [2.45, 2.75) is 31.4 Å². The smallest absolute Gasteiger partial charge is 0.259 e. The predicted molar refractivity (Wildman–Crippen MR) is 104 cm³/mol. The van der Waals surface area contributed by atoms with E-state index in [1.54, 1.807) is 17.2 Å². The minimum atomic E-state index is -0.706. The van der Waals surface area contributed by atoms with Gasteiger partial charge in [-0.25, -0.2) is 4.68 Å². The van der Waals surface area contributed by atoms with Crippen LogP contribution < -0.4 is 5.32 Å². The maximum absolute atomic E-state index is 12.7. The SMILES string of the molecule is CO[C@H](C(=O)Nc1ccnn1C1CCN(C(=O)CCO)CC1)c1ccccc1. The van der Waals surface area contributed by atoms with Crippen molar-refractivity contribution in [2.24, 2.45) is 0 Å². The van der Waals surface area contributed by atoms with E-state index in [2.05, 4.69) is 10.4 Å². The molecule has 8 heteroatoms. The van der Waals surface area contributed by atoms with Gasteiger partial charge in [-0.05, 0) is 18.4 Å². The average Bonchev–Trinajstić information content (AvgIpc) is 3.17. The van der Waals surface area contributed by atoms with Crippen molar-refractivity contribution in [3.63, 3.8) is 0 Å². The zero-order chi connectivity index (χ0) is 19.9. The molecule has 150 valence electrons. The molecule has 1 atom stereocenters. The van der Waals surface area contributed by atoms with E-state index in [9.17, 15) is 9.59 Å². The lowest BCUT2D eigenvalue weighted by molar-refractivity contribution is -0.133. The first-order valence-electron chi connectivity index (χ1n) is 9.44. The fourth-order valence-corrected chi connectivity index (χ4v) is 3.53. The van der Waals surface area contributed by atoms with Crippen molar-refractivity contribution in [3.05, 3.63) is 48.2 Å². The largest absolute Gasteiger partial charge is 0.396 e. The van der Waals surface area contributed by atoms with E-state index in [1.807, 2.05) is 35.0 Å². The fourth-order valence-electron chi connectivity index (χ4n) is 3.53. The number of piperidine rings is 1. The minimum Gasteiger partial charge on any atom is -0.396 e. The second-order valence-corrected chi connectivity index (χ2v) is 6.76. The van der Waals surface area contributed by atoms with Gasteiger partial charge in [0.25, 0.3) is 5.91 Å². The Balaban J connectivity index is 1.64. The van der Waals surface area contributed by atoms with Gasteiger partial charge in [-0.1, -0.05) is 30.3 Å². The number of nitrogens with one attached hydrogen (secondary N) is 1. The summed E-state index contributed by atoms with van der Waals surface area (Å²) in [6, 6.07) is 11.2. The summed E-state index contributed by atoms with van der Waals surface area (Å²) in [6.07, 6.45) is 2.60. The molecule has 2 heterocycles. The van der Waals surface area contributed by atoms with Crippen LogP contribution >= 0.6 is 0 Å². The molecule has 0 spiro atoms. The minimum absolute atomic E-state index is 0.0271. The van der Waals surface area contributed by atoms with E-state index in [0.29, 0.717) is 18.9 Å². The van der Waals surface area contributed by atoms with Crippen molar-refractivity contribution in [1.29, 1.82) is 0 Å². The summed E-state index contributed by atoms with van der Waals surface area (Å²) in [5.41, 5.74) is 0.782. The van der Waals surface area contributed by atoms with Crippen LogP contribution in [0.2, 0.25) is 0 Å². The monoisotopic (exact) mass is 386 g/mol. The molecule has 0 aliphatic carbocycles. The molecule has 28 heavy (non-hydrogen) atoms. The van der Waals surface area contributed by atoms with Crippen molar-refractivity contribution in [1.82, 2.24) is 14.7 Å². The molecule has 1 fully saturated rings. The Labute approximate surface area is 164 Å². The van der Waals surface area contributed by atoms with E-state index in [-0.39, 0.29) is 30.9 Å². The molecule has 1 aromatic heterocycles. The number of aromatic nitrogens is 2. The number of anilines is 1. The average molecular weight is 386 g/mol. The summed E-state index contributed by atoms with van der Waals surface area (Å²) < 4.78 is 7.20. The Bertz CT molecular complexity index is 785. The van der Waals surface area contributed by atoms with Gasteiger partial charge in [-0.2, -0.15) is 5.10 Å². The van der Waals surface area contributed by atoms with Crippen LogP contribution in [0.25, 0.3) is 0 Å². The van der Waals surface area contributed by atoms with Crippen molar-refractivity contribution in [2.75, 3.05) is 32.1 Å². The van der Waals surface area contributed by atoms with Crippen LogP contribution in [0.4, 0.5) is 5.82 Å². The molecule has 1 aliphatic heterocycles. The normalized spacial score (nSPS) is 16.0. The third-order valence-electron chi connectivity index (χ3n) is 4.99. The van der Waals surface area contributed by atoms with Gasteiger partial charge in [0.05, 0.1) is 18.8 Å². The number of hydrogen-bond acceptors (Lipinski definition) is 5. The number of rotatable bonds is 7. The fraction of sp³-hybridized carbons (Fsp3) is 0.450. The molecule has 1 aliphatic rings. The van der Waals surface area contributed by atoms with Gasteiger partial charge >= 0.3 is 0 Å². The van der Waals surface area contributed by atoms with E-state index in [1.165, 1.54) is 7.11 Å². The third kappa shape index (κ3) is 4.58. The lowest BCUT2D eigenvalue weighted by atomic mass is 10.0. The lowest BCUT2D eigenvalue weighted by Gasteiger charge is -2.32. The van der Waals surface area contributed by atoms with Crippen LogP contribution in [0, 0.1) is 0 Å². The first kappa shape index (κ1) is 20.0. The predicted octanol–water partition coefficient (Wildman–Crippen LogP) is 1.76. The third-order valence-corrected chi connectivity index (χ3v) is 4.99. The van der Waals surface area contributed by atoms with Crippen molar-refractivity contribution < 1.29 is 19.4 Å². The first-order valence-corrected chi connectivity index (χ1v) is 9.44. The van der Waals surface area contributed by atoms with E-state index >= 15 is 0 Å². The van der Waals surface area contributed by atoms with E-state index in [4.69, 9.17) is 9.84 Å². The number of amides is 2. The number of carbonyl (C=O) groups excluding carboxylic acids is 2. The van der Waals surface area contributed by atoms with Gasteiger partial charge in [0, 0.05) is 32.7 Å². The number of hydrogen-bond donors (Lipinski definition) is 2. The quantitative estimate of drug-likeness (QED) is 0.756. The summed E-state index contributed by atoms with van der Waals surface area (Å²) in [5, 5.41) is 16.2. The molecule has 0 radical (unpaired) electrons. The van der Waals surface area contributed by atoms with Crippen LogP contribution in [0.1, 0.15) is 37.0 Å². The van der Waals surface area contributed by atoms with Gasteiger partial charge in [0.1, 0.15) is 5.82 Å². The number of nitrogens with zero attached hydrogens (tertiary/aromatic N) is 3. The number of aliphatic hydroxyl groups is 1. The number of benzene rings is 1. The molecule has 3 rings (SSSR count). The summed E-state index contributed by atoms with van der Waals surface area (Å²) >= 11 is 0. The summed E-state index contributed by atoms with van der Waals surface area (Å²) in [5.74, 6) is 0.329. The molecular weight excluding hydrogens is 360 g/mol. The topological polar surface area (TPSA) is 96.7 Å². The highest BCUT2D eigenvalue weighted by atomic mass is 16.5. The zero-order valence-electron chi connectivity index (χ0n) is 16.0. The number of ether oxygens (including phenoxy) is 1. The Kier molecular flexibility index (Phi) is 6.78. The molecule has 0 bridgehead atoms. The zero-order valence-corrected chi connectivity index (χ0v) is 16.0. The molecular formula is C20H26N4O4. The van der Waals surface area contributed by atoms with Crippen LogP contribution in [0.3, 0.4) is 0 Å². The summed E-state index contributed by atoms with van der Waals surface area (Å²) in [4.78, 5) is 26.4. The number of likely N-dealkylation sites (tertiary alicyclic amines) is 1. The van der Waals surface area contributed by atoms with Crippen LogP contribution in [0.15, 0.2) is 42.6 Å². The Morgan fingerprint density at radius 3 is 2.61 bits per heavy atom. The molecule has 8 nitrogen and oxygen atoms in total. The van der Waals surface area contributed by atoms with Crippen molar-refractivity contribution >= 4 is 17.6 Å². The Morgan fingerprint density at radius 1 is 1.25 bits per heavy atom. The first-order chi connectivity index (χ1) is 13.6. The Morgan fingerprint density at radius 2 is 1.96 bits per heavy atom. The standard InChI is InChI=1S/C20H26N4O4/c1-28-19(15-5-3-2-4-6-15)20(27)22-17-7-11-21-24(17)16-8-12-23(13-9-16)18(26)10-14-25/h2-7,11,16,19,25H,8-10,12-14H2,1H3,(H,22,27)/t19-/m0/s1. The molecule has 0 saturated carbocycles. The van der Waals surface area contributed by atoms with Gasteiger partial charge < -0.3 is 20.1 Å². The van der Waals surface area contributed by atoms with Crippen LogP contribution in [-0.4, -0.2) is 58.4 Å². The van der Waals surface area contributed by atoms with Crippen LogP contribution in [-0.2, 0) is 14.3 Å². The highest BCUT2D eigenvalue weighted by molar-refractivity contribution is 5.94. The van der Waals surface area contributed by atoms with Gasteiger partial charge in [-0.3, -0.25) is 9.59 Å². The number of carbonyl (C=O) groups is 2.